The van der Waals surface area contributed by atoms with Crippen LogP contribution in [0.2, 0.25) is 0 Å². The quantitative estimate of drug-likeness (QED) is 0.348. The second-order valence-corrected chi connectivity index (χ2v) is 11.5. The van der Waals surface area contributed by atoms with Crippen molar-refractivity contribution < 1.29 is 22.8 Å². The number of aryl methyl sites for hydroxylation is 2. The third-order valence-electron chi connectivity index (χ3n) is 7.95. The minimum atomic E-state index is -4.57. The number of amides is 2. The molecule has 3 N–H and O–H groups in total. The summed E-state index contributed by atoms with van der Waals surface area (Å²) >= 11 is 3.30. The molecule has 1 saturated carbocycles. The van der Waals surface area contributed by atoms with Gasteiger partial charge in [0.15, 0.2) is 5.82 Å². The lowest BCUT2D eigenvalue weighted by Crippen LogP contribution is -2.46. The van der Waals surface area contributed by atoms with Crippen LogP contribution in [-0.4, -0.2) is 53.3 Å². The molecular weight excluding hydrogens is 593 g/mol. The van der Waals surface area contributed by atoms with Crippen molar-refractivity contribution in [2.75, 3.05) is 11.1 Å². The van der Waals surface area contributed by atoms with E-state index in [-0.39, 0.29) is 57.9 Å². The minimum Gasteiger partial charge on any atom is -0.383 e. The van der Waals surface area contributed by atoms with Gasteiger partial charge in [-0.15, -0.1) is 0 Å². The fraction of sp³-hybridized carbons (Fsp3) is 0.385. The lowest BCUT2D eigenvalue weighted by molar-refractivity contribution is -0.138. The molecule has 6 rings (SSSR count). The fourth-order valence-corrected chi connectivity index (χ4v) is 6.17. The molecule has 208 valence electrons. The summed E-state index contributed by atoms with van der Waals surface area (Å²) < 4.78 is 43.0. The number of rotatable bonds is 4. The van der Waals surface area contributed by atoms with Gasteiger partial charge in [0.05, 0.1) is 28.4 Å². The van der Waals surface area contributed by atoms with Crippen molar-refractivity contribution in [2.24, 2.45) is 5.41 Å². The molecule has 2 amide bonds. The van der Waals surface area contributed by atoms with Crippen molar-refractivity contribution in [3.63, 3.8) is 0 Å². The lowest BCUT2D eigenvalue weighted by atomic mass is 10.0. The highest BCUT2D eigenvalue weighted by Gasteiger charge is 2.64. The van der Waals surface area contributed by atoms with Crippen LogP contribution in [0.15, 0.2) is 29.3 Å². The van der Waals surface area contributed by atoms with Crippen molar-refractivity contribution in [1.82, 2.24) is 29.4 Å². The Morgan fingerprint density at radius 2 is 1.95 bits per heavy atom. The van der Waals surface area contributed by atoms with Crippen LogP contribution in [-0.2, 0) is 22.3 Å². The van der Waals surface area contributed by atoms with E-state index in [9.17, 15) is 22.8 Å². The number of hydrogen-bond acceptors (Lipinski definition) is 7. The number of benzene rings is 1. The molecule has 4 aromatic rings. The Morgan fingerprint density at radius 3 is 2.65 bits per heavy atom. The molecule has 0 radical (unpaired) electrons. The Labute approximate surface area is 234 Å². The van der Waals surface area contributed by atoms with Gasteiger partial charge >= 0.3 is 6.18 Å². The maximum absolute atomic E-state index is 13.9. The molecule has 4 heterocycles. The molecule has 1 aromatic carbocycles. The number of carbonyl (C=O) groups is 2. The maximum Gasteiger partial charge on any atom is 0.416 e. The van der Waals surface area contributed by atoms with Gasteiger partial charge in [-0.2, -0.15) is 13.2 Å². The zero-order valence-corrected chi connectivity index (χ0v) is 23.3. The zero-order valence-electron chi connectivity index (χ0n) is 21.7. The summed E-state index contributed by atoms with van der Waals surface area (Å²) in [5.41, 5.74) is 6.69. The van der Waals surface area contributed by atoms with Crippen LogP contribution in [0.25, 0.3) is 21.9 Å². The van der Waals surface area contributed by atoms with E-state index < -0.39 is 17.8 Å². The molecule has 2 aliphatic rings. The molecule has 3 atom stereocenters. The van der Waals surface area contributed by atoms with Crippen molar-refractivity contribution in [2.45, 2.75) is 58.4 Å². The number of piperidine rings is 1. The first-order valence-corrected chi connectivity index (χ1v) is 13.3. The number of carbonyl (C=O) groups excluding carboxylic acids is 2. The summed E-state index contributed by atoms with van der Waals surface area (Å²) in [5, 5.41) is 3.22. The second-order valence-electron chi connectivity index (χ2n) is 10.7. The van der Waals surface area contributed by atoms with E-state index in [4.69, 9.17) is 5.73 Å². The average Bonchev–Trinajstić information content (AvgIpc) is 3.27. The van der Waals surface area contributed by atoms with Crippen LogP contribution in [0.3, 0.4) is 0 Å². The Balaban J connectivity index is 1.38. The van der Waals surface area contributed by atoms with Gasteiger partial charge < -0.3 is 20.5 Å². The van der Waals surface area contributed by atoms with E-state index in [0.29, 0.717) is 27.8 Å². The van der Waals surface area contributed by atoms with Crippen molar-refractivity contribution in [3.05, 3.63) is 46.1 Å². The smallest absolute Gasteiger partial charge is 0.383 e. The van der Waals surface area contributed by atoms with Gasteiger partial charge in [-0.1, -0.05) is 6.92 Å². The number of nitrogens with zero attached hydrogens (tertiary/aromatic N) is 6. The van der Waals surface area contributed by atoms with Gasteiger partial charge in [0.2, 0.25) is 11.8 Å². The van der Waals surface area contributed by atoms with Gasteiger partial charge in [0, 0.05) is 11.4 Å². The third kappa shape index (κ3) is 4.16. The molecular formula is C26H24BrF3N8O2. The van der Waals surface area contributed by atoms with E-state index in [1.807, 2.05) is 6.92 Å². The van der Waals surface area contributed by atoms with E-state index in [0.717, 1.165) is 18.6 Å². The molecule has 0 unspecified atom stereocenters. The highest BCUT2D eigenvalue weighted by Crippen LogP contribution is 2.59. The first-order valence-electron chi connectivity index (χ1n) is 12.5. The largest absolute Gasteiger partial charge is 0.416 e. The Bertz CT molecular complexity index is 1740. The SMILES string of the molecule is Cc1ncc(NC(=O)[C@@H]2C[C@@]3(C)C[C@H]3N2C(=O)Cn2c3ncnc(N)c3c3cc(C(F)(F)F)cc(C)c32)nc1Br. The van der Waals surface area contributed by atoms with Gasteiger partial charge in [0.1, 0.15) is 35.0 Å². The van der Waals surface area contributed by atoms with Crippen LogP contribution in [0.1, 0.15) is 36.6 Å². The standard InChI is InChI=1S/C26H24BrF3N8O2/c1-11-4-13(26(28,29)30)5-14-19-22(31)33-10-34-23(19)37(20(11)14)9-18(39)38-15(6-25(3)7-16(25)38)24(40)36-17-8-32-12(2)21(27)35-17/h4-5,8,10,15-16H,6-7,9H2,1-3H3,(H2,31,33,34)(H,35,36,40)/t15-,16+,25-/m0/s1. The molecule has 1 aliphatic carbocycles. The van der Waals surface area contributed by atoms with Crippen LogP contribution in [0.5, 0.6) is 0 Å². The number of fused-ring (bicyclic) bond motifs is 4. The monoisotopic (exact) mass is 616 g/mol. The summed E-state index contributed by atoms with van der Waals surface area (Å²) in [6, 6.07) is 1.17. The summed E-state index contributed by atoms with van der Waals surface area (Å²) in [5.74, 6) is -0.464. The van der Waals surface area contributed by atoms with Crippen molar-refractivity contribution in [1.29, 1.82) is 0 Å². The van der Waals surface area contributed by atoms with Crippen molar-refractivity contribution >= 4 is 61.3 Å². The molecule has 0 bridgehead atoms. The number of nitrogens with two attached hydrogens (primary N) is 1. The summed E-state index contributed by atoms with van der Waals surface area (Å²) in [6.07, 6.45) is -0.678. The van der Waals surface area contributed by atoms with Gasteiger partial charge in [-0.25, -0.2) is 15.0 Å². The number of likely N-dealkylation sites (tertiary alicyclic amines) is 1. The molecule has 40 heavy (non-hydrogen) atoms. The predicted molar refractivity (Wildman–Crippen MR) is 144 cm³/mol. The van der Waals surface area contributed by atoms with Gasteiger partial charge in [-0.3, -0.25) is 14.6 Å². The summed E-state index contributed by atoms with van der Waals surface area (Å²) in [4.78, 5) is 45.6. The highest BCUT2D eigenvalue weighted by molar-refractivity contribution is 9.10. The maximum atomic E-state index is 13.9. The summed E-state index contributed by atoms with van der Waals surface area (Å²) in [7, 11) is 0. The normalized spacial score (nSPS) is 22.1. The first-order chi connectivity index (χ1) is 18.8. The minimum absolute atomic E-state index is 0.0125. The molecule has 0 spiro atoms. The summed E-state index contributed by atoms with van der Waals surface area (Å²) in [6.45, 7) is 5.11. The average molecular weight is 617 g/mol. The van der Waals surface area contributed by atoms with Gasteiger partial charge in [0.25, 0.3) is 0 Å². The number of nitrogen functional groups attached to an aromatic ring is 1. The van der Waals surface area contributed by atoms with Gasteiger partial charge in [-0.05, 0) is 65.7 Å². The van der Waals surface area contributed by atoms with Crippen molar-refractivity contribution in [3.8, 4) is 0 Å². The second kappa shape index (κ2) is 8.85. The van der Waals surface area contributed by atoms with Crippen LogP contribution in [0, 0.1) is 19.3 Å². The number of nitrogens with one attached hydrogen (secondary N) is 1. The Hall–Kier alpha value is -3.81. The zero-order chi connectivity index (χ0) is 28.7. The van der Waals surface area contributed by atoms with E-state index in [2.05, 4.69) is 41.2 Å². The lowest BCUT2D eigenvalue weighted by Gasteiger charge is -2.27. The molecule has 10 nitrogen and oxygen atoms in total. The number of hydrogen-bond donors (Lipinski definition) is 2. The van der Waals surface area contributed by atoms with Crippen LogP contribution < -0.4 is 11.1 Å². The molecule has 2 fully saturated rings. The van der Waals surface area contributed by atoms with E-state index >= 15 is 0 Å². The van der Waals surface area contributed by atoms with E-state index in [1.54, 1.807) is 23.3 Å². The number of halogens is 4. The number of anilines is 2. The topological polar surface area (TPSA) is 132 Å². The third-order valence-corrected chi connectivity index (χ3v) is 8.70. The Kier molecular flexibility index (Phi) is 5.84. The molecule has 1 aliphatic heterocycles. The molecule has 3 aromatic heterocycles. The Morgan fingerprint density at radius 1 is 1.20 bits per heavy atom. The predicted octanol–water partition coefficient (Wildman–Crippen LogP) is 4.37. The van der Waals surface area contributed by atoms with Crippen LogP contribution in [0.4, 0.5) is 24.8 Å². The molecule has 1 saturated heterocycles. The fourth-order valence-electron chi connectivity index (χ4n) is 5.88. The van der Waals surface area contributed by atoms with Crippen LogP contribution >= 0.6 is 15.9 Å². The highest BCUT2D eigenvalue weighted by atomic mass is 79.9. The number of aromatic nitrogens is 5. The first kappa shape index (κ1) is 26.4. The number of alkyl halides is 3. The van der Waals surface area contributed by atoms with E-state index in [1.165, 1.54) is 12.5 Å². The molecule has 14 heteroatoms.